The van der Waals surface area contributed by atoms with Crippen LogP contribution in [0.15, 0.2) is 48.5 Å². The monoisotopic (exact) mass is 527 g/mol. The molecule has 0 radical (unpaired) electrons. The Morgan fingerprint density at radius 3 is 2.25 bits per heavy atom. The van der Waals surface area contributed by atoms with Crippen LogP contribution in [0.4, 0.5) is 18.9 Å². The van der Waals surface area contributed by atoms with Crippen molar-refractivity contribution in [2.45, 2.75) is 58.9 Å². The van der Waals surface area contributed by atoms with Crippen molar-refractivity contribution in [1.82, 2.24) is 10.2 Å². The molecule has 0 aliphatic carbocycles. The van der Waals surface area contributed by atoms with E-state index in [9.17, 15) is 31.2 Å². The van der Waals surface area contributed by atoms with Crippen molar-refractivity contribution >= 4 is 27.5 Å². The molecule has 0 unspecified atom stereocenters. The predicted molar refractivity (Wildman–Crippen MR) is 133 cm³/mol. The van der Waals surface area contributed by atoms with Crippen LogP contribution in [0.5, 0.6) is 0 Å². The third-order valence-electron chi connectivity index (χ3n) is 5.91. The van der Waals surface area contributed by atoms with Gasteiger partial charge in [0, 0.05) is 12.6 Å². The van der Waals surface area contributed by atoms with E-state index in [1.807, 2.05) is 32.9 Å². The number of aryl methyl sites for hydroxylation is 1. The van der Waals surface area contributed by atoms with Gasteiger partial charge in [0.15, 0.2) is 0 Å². The lowest BCUT2D eigenvalue weighted by Gasteiger charge is -2.32. The minimum absolute atomic E-state index is 0.0147. The highest BCUT2D eigenvalue weighted by Gasteiger charge is 2.33. The number of sulfonamides is 1. The van der Waals surface area contributed by atoms with Crippen molar-refractivity contribution in [2.24, 2.45) is 0 Å². The summed E-state index contributed by atoms with van der Waals surface area (Å²) in [6.45, 7) is 6.33. The largest absolute Gasteiger partial charge is 0.416 e. The number of nitrogens with one attached hydrogen (secondary N) is 1. The fourth-order valence-electron chi connectivity index (χ4n) is 3.47. The van der Waals surface area contributed by atoms with Gasteiger partial charge in [0.05, 0.1) is 17.5 Å². The van der Waals surface area contributed by atoms with Crippen LogP contribution in [0.1, 0.15) is 43.9 Å². The van der Waals surface area contributed by atoms with Crippen molar-refractivity contribution in [1.29, 1.82) is 0 Å². The van der Waals surface area contributed by atoms with Crippen molar-refractivity contribution in [3.8, 4) is 0 Å². The summed E-state index contributed by atoms with van der Waals surface area (Å²) >= 11 is 0. The minimum atomic E-state index is -4.69. The molecule has 0 aliphatic rings. The van der Waals surface area contributed by atoms with Gasteiger partial charge in [0.2, 0.25) is 21.8 Å². The zero-order chi connectivity index (χ0) is 27.3. The number of hydrogen-bond acceptors (Lipinski definition) is 4. The number of amides is 2. The maximum absolute atomic E-state index is 13.5. The van der Waals surface area contributed by atoms with Crippen LogP contribution >= 0.6 is 0 Å². The summed E-state index contributed by atoms with van der Waals surface area (Å²) in [5, 5.41) is 2.81. The molecule has 0 fully saturated rings. The SMILES string of the molecule is CC[C@@H](C)NC(=O)[C@@H](C)N(Cc1ccccc1C)C(=O)CN(c1cccc(C(F)(F)F)c1)S(C)(=O)=O. The maximum atomic E-state index is 13.5. The summed E-state index contributed by atoms with van der Waals surface area (Å²) in [6.07, 6.45) is -3.21. The van der Waals surface area contributed by atoms with E-state index < -0.39 is 46.2 Å². The number of benzene rings is 2. The average molecular weight is 528 g/mol. The first-order valence-electron chi connectivity index (χ1n) is 11.4. The number of carbonyl (C=O) groups is 2. The van der Waals surface area contributed by atoms with E-state index in [0.29, 0.717) is 16.8 Å². The summed E-state index contributed by atoms with van der Waals surface area (Å²) in [6, 6.07) is 9.88. The molecule has 2 amide bonds. The van der Waals surface area contributed by atoms with Crippen molar-refractivity contribution in [3.05, 3.63) is 65.2 Å². The molecule has 7 nitrogen and oxygen atoms in total. The molecule has 1 N–H and O–H groups in total. The van der Waals surface area contributed by atoms with Crippen LogP contribution in [-0.2, 0) is 32.3 Å². The van der Waals surface area contributed by atoms with Gasteiger partial charge in [0.25, 0.3) is 0 Å². The average Bonchev–Trinajstić information content (AvgIpc) is 2.80. The Hall–Kier alpha value is -3.08. The Morgan fingerprint density at radius 2 is 1.69 bits per heavy atom. The highest BCUT2D eigenvalue weighted by Crippen LogP contribution is 2.32. The number of carbonyl (C=O) groups excluding carboxylic acids is 2. The van der Waals surface area contributed by atoms with Gasteiger partial charge in [-0.05, 0) is 56.5 Å². The molecule has 0 spiro atoms. The lowest BCUT2D eigenvalue weighted by molar-refractivity contribution is -0.139. The predicted octanol–water partition coefficient (Wildman–Crippen LogP) is 4.11. The van der Waals surface area contributed by atoms with Crippen molar-refractivity contribution in [2.75, 3.05) is 17.1 Å². The van der Waals surface area contributed by atoms with Crippen molar-refractivity contribution < 1.29 is 31.2 Å². The van der Waals surface area contributed by atoms with Crippen LogP contribution in [0.3, 0.4) is 0 Å². The second kappa shape index (κ2) is 11.8. The number of rotatable bonds is 10. The number of hydrogen-bond donors (Lipinski definition) is 1. The Bertz CT molecular complexity index is 1190. The number of alkyl halides is 3. The van der Waals surface area contributed by atoms with Crippen LogP contribution in [0.25, 0.3) is 0 Å². The van der Waals surface area contributed by atoms with Crippen molar-refractivity contribution in [3.63, 3.8) is 0 Å². The molecule has 36 heavy (non-hydrogen) atoms. The maximum Gasteiger partial charge on any atom is 0.416 e. The molecule has 2 aromatic rings. The molecule has 0 saturated heterocycles. The first-order valence-corrected chi connectivity index (χ1v) is 13.3. The molecule has 0 saturated carbocycles. The Balaban J connectivity index is 2.45. The molecule has 0 aromatic heterocycles. The Kier molecular flexibility index (Phi) is 9.53. The van der Waals surface area contributed by atoms with E-state index in [1.165, 1.54) is 17.9 Å². The summed E-state index contributed by atoms with van der Waals surface area (Å²) in [5.74, 6) is -1.15. The first-order chi connectivity index (χ1) is 16.6. The summed E-state index contributed by atoms with van der Waals surface area (Å²) in [4.78, 5) is 27.6. The van der Waals surface area contributed by atoms with E-state index in [2.05, 4.69) is 5.32 Å². The number of anilines is 1. The normalized spacial score (nSPS) is 13.6. The lowest BCUT2D eigenvalue weighted by atomic mass is 10.1. The highest BCUT2D eigenvalue weighted by molar-refractivity contribution is 7.92. The Labute approximate surface area is 210 Å². The fourth-order valence-corrected chi connectivity index (χ4v) is 4.31. The van der Waals surface area contributed by atoms with Gasteiger partial charge in [-0.2, -0.15) is 13.2 Å². The third-order valence-corrected chi connectivity index (χ3v) is 7.05. The topological polar surface area (TPSA) is 86.8 Å². The molecule has 0 bridgehead atoms. The van der Waals surface area contributed by atoms with Gasteiger partial charge in [-0.15, -0.1) is 0 Å². The molecular formula is C25H32F3N3O4S. The molecular weight excluding hydrogens is 495 g/mol. The third kappa shape index (κ3) is 7.71. The molecule has 2 atom stereocenters. The second-order valence-corrected chi connectivity index (χ2v) is 10.7. The van der Waals surface area contributed by atoms with E-state index in [4.69, 9.17) is 0 Å². The molecule has 198 valence electrons. The van der Waals surface area contributed by atoms with Gasteiger partial charge < -0.3 is 10.2 Å². The smallest absolute Gasteiger partial charge is 0.352 e. The zero-order valence-corrected chi connectivity index (χ0v) is 21.8. The van der Waals surface area contributed by atoms with Gasteiger partial charge in [-0.1, -0.05) is 37.3 Å². The Morgan fingerprint density at radius 1 is 1.06 bits per heavy atom. The first kappa shape index (κ1) is 29.2. The molecule has 2 rings (SSSR count). The number of nitrogens with zero attached hydrogens (tertiary/aromatic N) is 2. The lowest BCUT2D eigenvalue weighted by Crippen LogP contribution is -2.52. The van der Waals surface area contributed by atoms with E-state index >= 15 is 0 Å². The van der Waals surface area contributed by atoms with Crippen LogP contribution in [0, 0.1) is 6.92 Å². The molecule has 0 heterocycles. The number of halogens is 3. The summed E-state index contributed by atoms with van der Waals surface area (Å²) < 4.78 is 65.4. The van der Waals surface area contributed by atoms with Gasteiger partial charge in [-0.3, -0.25) is 13.9 Å². The highest BCUT2D eigenvalue weighted by atomic mass is 32.2. The molecule has 0 aliphatic heterocycles. The van der Waals surface area contributed by atoms with Gasteiger partial charge in [0.1, 0.15) is 12.6 Å². The van der Waals surface area contributed by atoms with Crippen LogP contribution < -0.4 is 9.62 Å². The quantitative estimate of drug-likeness (QED) is 0.504. The summed E-state index contributed by atoms with van der Waals surface area (Å²) in [7, 11) is -4.14. The van der Waals surface area contributed by atoms with Crippen LogP contribution in [-0.4, -0.2) is 50.0 Å². The molecule has 2 aromatic carbocycles. The fraction of sp³-hybridized carbons (Fsp3) is 0.440. The van der Waals surface area contributed by atoms with E-state index in [0.717, 1.165) is 29.5 Å². The standard InChI is InChI=1S/C25H32F3N3O4S/c1-6-18(3)29-24(33)19(4)30(15-20-11-8-7-10-17(20)2)23(32)16-31(36(5,34)35)22-13-9-12-21(14-22)25(26,27)28/h7-14,18-19H,6,15-16H2,1-5H3,(H,29,33)/t18-,19-/m1/s1. The molecule has 11 heteroatoms. The van der Waals surface area contributed by atoms with E-state index in [-0.39, 0.29) is 18.3 Å². The minimum Gasteiger partial charge on any atom is -0.352 e. The van der Waals surface area contributed by atoms with Gasteiger partial charge >= 0.3 is 6.18 Å². The summed E-state index contributed by atoms with van der Waals surface area (Å²) in [5.41, 5.74) is 0.272. The van der Waals surface area contributed by atoms with Crippen LogP contribution in [0.2, 0.25) is 0 Å². The zero-order valence-electron chi connectivity index (χ0n) is 21.0. The van der Waals surface area contributed by atoms with E-state index in [1.54, 1.807) is 12.1 Å². The van der Waals surface area contributed by atoms with Gasteiger partial charge in [-0.25, -0.2) is 8.42 Å². The second-order valence-electron chi connectivity index (χ2n) is 8.76.